The third-order valence-corrected chi connectivity index (χ3v) is 6.41. The van der Waals surface area contributed by atoms with E-state index in [2.05, 4.69) is 15.8 Å². The molecule has 2 heterocycles. The van der Waals surface area contributed by atoms with Crippen LogP contribution in [0.3, 0.4) is 0 Å². The lowest BCUT2D eigenvalue weighted by molar-refractivity contribution is 0.600. The standard InChI is InChI=1S/C13H10N4O2S3/c14-6-8-7-16-13-9(8)2-1-3-10(13)17-21-11-4-5-12(20-11)22(15,18)19/h1-5,7,16-17H,(H2,15,18,19). The highest BCUT2D eigenvalue weighted by atomic mass is 32.3. The second kappa shape index (κ2) is 5.66. The lowest BCUT2D eigenvalue weighted by atomic mass is 10.2. The molecule has 0 unspecified atom stereocenters. The SMILES string of the molecule is N#Cc1c[nH]c2c(NSc3ccc(S(N)(=O)=O)s3)cccc12. The van der Waals surface area contributed by atoms with Crippen LogP contribution in [0, 0.1) is 11.3 Å². The first-order valence-electron chi connectivity index (χ1n) is 6.05. The summed E-state index contributed by atoms with van der Waals surface area (Å²) in [5, 5.41) is 15.0. The Kier molecular flexibility index (Phi) is 3.84. The van der Waals surface area contributed by atoms with E-state index in [1.54, 1.807) is 12.3 Å². The van der Waals surface area contributed by atoms with Crippen LogP contribution in [0.4, 0.5) is 5.69 Å². The Hall–Kier alpha value is -1.99. The van der Waals surface area contributed by atoms with Crippen LogP contribution in [0.25, 0.3) is 10.9 Å². The van der Waals surface area contributed by atoms with E-state index in [1.165, 1.54) is 18.0 Å². The van der Waals surface area contributed by atoms with E-state index in [0.29, 0.717) is 5.56 Å². The number of anilines is 1. The zero-order valence-electron chi connectivity index (χ0n) is 11.0. The summed E-state index contributed by atoms with van der Waals surface area (Å²) in [5.74, 6) is 0. The van der Waals surface area contributed by atoms with Crippen LogP contribution >= 0.6 is 23.3 Å². The number of aromatic nitrogens is 1. The zero-order chi connectivity index (χ0) is 15.7. The molecule has 0 radical (unpaired) electrons. The Balaban J connectivity index is 1.84. The number of H-pyrrole nitrogens is 1. The molecule has 0 aliphatic heterocycles. The fourth-order valence-corrected chi connectivity index (χ4v) is 4.65. The number of fused-ring (bicyclic) bond motifs is 1. The molecule has 0 bridgehead atoms. The molecule has 22 heavy (non-hydrogen) atoms. The average Bonchev–Trinajstić information content (AvgIpc) is 3.11. The number of sulfonamides is 1. The van der Waals surface area contributed by atoms with Gasteiger partial charge < -0.3 is 9.71 Å². The minimum Gasteiger partial charge on any atom is -0.358 e. The lowest BCUT2D eigenvalue weighted by Crippen LogP contribution is -2.09. The number of para-hydroxylation sites is 1. The molecule has 0 spiro atoms. The third-order valence-electron chi connectivity index (χ3n) is 2.93. The summed E-state index contributed by atoms with van der Waals surface area (Å²) in [7, 11) is -3.66. The van der Waals surface area contributed by atoms with Crippen molar-refractivity contribution in [3.05, 3.63) is 42.1 Å². The van der Waals surface area contributed by atoms with Crippen molar-refractivity contribution in [2.45, 2.75) is 8.42 Å². The van der Waals surface area contributed by atoms with Crippen molar-refractivity contribution in [3.8, 4) is 6.07 Å². The minimum absolute atomic E-state index is 0.127. The summed E-state index contributed by atoms with van der Waals surface area (Å²) >= 11 is 2.39. The van der Waals surface area contributed by atoms with Gasteiger partial charge in [0.05, 0.1) is 21.0 Å². The first-order valence-corrected chi connectivity index (χ1v) is 9.22. The molecule has 2 aromatic heterocycles. The number of thiophene rings is 1. The first kappa shape index (κ1) is 14.9. The Labute approximate surface area is 135 Å². The van der Waals surface area contributed by atoms with Gasteiger partial charge in [0.1, 0.15) is 10.3 Å². The van der Waals surface area contributed by atoms with E-state index in [9.17, 15) is 8.42 Å². The highest BCUT2D eigenvalue weighted by Crippen LogP contribution is 2.33. The summed E-state index contributed by atoms with van der Waals surface area (Å²) in [4.78, 5) is 3.06. The topological polar surface area (TPSA) is 112 Å². The molecule has 0 aliphatic rings. The second-order valence-electron chi connectivity index (χ2n) is 4.36. The normalized spacial score (nSPS) is 11.5. The van der Waals surface area contributed by atoms with E-state index in [-0.39, 0.29) is 4.21 Å². The van der Waals surface area contributed by atoms with Gasteiger partial charge in [0.2, 0.25) is 10.0 Å². The molecule has 6 nitrogen and oxygen atoms in total. The van der Waals surface area contributed by atoms with E-state index < -0.39 is 10.0 Å². The van der Waals surface area contributed by atoms with Crippen molar-refractivity contribution < 1.29 is 8.42 Å². The van der Waals surface area contributed by atoms with Gasteiger partial charge in [-0.2, -0.15) is 5.26 Å². The van der Waals surface area contributed by atoms with Gasteiger partial charge in [-0.1, -0.05) is 12.1 Å². The Morgan fingerprint density at radius 2 is 2.14 bits per heavy atom. The molecule has 0 atom stereocenters. The number of nitriles is 1. The number of rotatable bonds is 4. The summed E-state index contributed by atoms with van der Waals surface area (Å²) in [5.41, 5.74) is 2.22. The van der Waals surface area contributed by atoms with Crippen molar-refractivity contribution in [2.75, 3.05) is 4.72 Å². The molecule has 0 amide bonds. The number of hydrogen-bond donors (Lipinski definition) is 3. The molecule has 0 saturated carbocycles. The van der Waals surface area contributed by atoms with Gasteiger partial charge in [-0.15, -0.1) is 11.3 Å². The maximum Gasteiger partial charge on any atom is 0.247 e. The minimum atomic E-state index is -3.66. The Bertz CT molecular complexity index is 982. The number of nitrogens with two attached hydrogens (primary N) is 1. The highest BCUT2D eigenvalue weighted by molar-refractivity contribution is 8.02. The summed E-state index contributed by atoms with van der Waals surface area (Å²) in [6, 6.07) is 10.9. The molecule has 1 aromatic carbocycles. The van der Waals surface area contributed by atoms with Crippen LogP contribution in [-0.2, 0) is 10.0 Å². The van der Waals surface area contributed by atoms with Crippen molar-refractivity contribution in [1.82, 2.24) is 4.98 Å². The predicted octanol–water partition coefficient (Wildman–Crippen LogP) is 2.87. The van der Waals surface area contributed by atoms with Crippen LogP contribution in [-0.4, -0.2) is 13.4 Å². The number of benzene rings is 1. The van der Waals surface area contributed by atoms with Gasteiger partial charge in [-0.25, -0.2) is 13.6 Å². The van der Waals surface area contributed by atoms with Crippen LogP contribution in [0.5, 0.6) is 0 Å². The molecular formula is C13H10N4O2S3. The van der Waals surface area contributed by atoms with E-state index in [4.69, 9.17) is 10.4 Å². The summed E-state index contributed by atoms with van der Waals surface area (Å²) in [6.07, 6.45) is 1.66. The summed E-state index contributed by atoms with van der Waals surface area (Å²) < 4.78 is 26.6. The smallest absolute Gasteiger partial charge is 0.247 e. The molecule has 0 saturated heterocycles. The first-order chi connectivity index (χ1) is 10.5. The molecule has 112 valence electrons. The lowest BCUT2D eigenvalue weighted by Gasteiger charge is -2.05. The molecule has 4 N–H and O–H groups in total. The molecule has 3 rings (SSSR count). The molecule has 0 fully saturated rings. The third kappa shape index (κ3) is 2.82. The van der Waals surface area contributed by atoms with Crippen molar-refractivity contribution in [1.29, 1.82) is 5.26 Å². The number of nitrogens with zero attached hydrogens (tertiary/aromatic N) is 1. The fourth-order valence-electron chi connectivity index (χ4n) is 1.95. The van der Waals surface area contributed by atoms with Crippen molar-refractivity contribution in [2.24, 2.45) is 5.14 Å². The number of aromatic amines is 1. The zero-order valence-corrected chi connectivity index (χ0v) is 13.5. The van der Waals surface area contributed by atoms with Gasteiger partial charge in [-0.3, -0.25) is 0 Å². The van der Waals surface area contributed by atoms with Crippen LogP contribution in [0.15, 0.2) is 44.9 Å². The molecule has 3 aromatic rings. The number of nitrogens with one attached hydrogen (secondary N) is 2. The van der Waals surface area contributed by atoms with Gasteiger partial charge >= 0.3 is 0 Å². The van der Waals surface area contributed by atoms with E-state index in [1.807, 2.05) is 18.2 Å². The van der Waals surface area contributed by atoms with Crippen LogP contribution < -0.4 is 9.86 Å². The number of primary sulfonamides is 1. The largest absolute Gasteiger partial charge is 0.358 e. The molecule has 0 aliphatic carbocycles. The molecule has 9 heteroatoms. The number of hydrogen-bond acceptors (Lipinski definition) is 6. The predicted molar refractivity (Wildman–Crippen MR) is 88.2 cm³/mol. The van der Waals surface area contributed by atoms with Crippen molar-refractivity contribution in [3.63, 3.8) is 0 Å². The second-order valence-corrected chi connectivity index (χ2v) is 8.34. The summed E-state index contributed by atoms with van der Waals surface area (Å²) in [6.45, 7) is 0. The maximum absolute atomic E-state index is 11.3. The van der Waals surface area contributed by atoms with Crippen LogP contribution in [0.1, 0.15) is 5.56 Å². The Morgan fingerprint density at radius 1 is 1.32 bits per heavy atom. The monoisotopic (exact) mass is 350 g/mol. The average molecular weight is 350 g/mol. The van der Waals surface area contributed by atoms with E-state index >= 15 is 0 Å². The highest BCUT2D eigenvalue weighted by Gasteiger charge is 2.12. The van der Waals surface area contributed by atoms with Gasteiger partial charge in [0.15, 0.2) is 0 Å². The van der Waals surface area contributed by atoms with E-state index in [0.717, 1.165) is 32.1 Å². The quantitative estimate of drug-likeness (QED) is 0.626. The molecular weight excluding hydrogens is 340 g/mol. The van der Waals surface area contributed by atoms with Gasteiger partial charge in [-0.05, 0) is 30.1 Å². The van der Waals surface area contributed by atoms with Gasteiger partial charge in [0, 0.05) is 11.6 Å². The van der Waals surface area contributed by atoms with Gasteiger partial charge in [0.25, 0.3) is 0 Å². The van der Waals surface area contributed by atoms with Crippen LogP contribution in [0.2, 0.25) is 0 Å². The Morgan fingerprint density at radius 3 is 2.82 bits per heavy atom. The van der Waals surface area contributed by atoms with Crippen molar-refractivity contribution >= 4 is 49.9 Å². The fraction of sp³-hybridized carbons (Fsp3) is 0. The maximum atomic E-state index is 11.3.